The SMILES string of the molecule is c1ccc(-c2ccc(-n3c4ccccc4c4cc(-c5ccc6c(c5)c5ccccc5n6-c5ccc6c(c5)sc5cc7c(cc56)oc5ccccc57)ccc43)cc2)cc1. The molecule has 0 unspecified atom stereocenters. The Kier molecular flexibility index (Phi) is 6.60. The molecule has 0 atom stereocenters. The van der Waals surface area contributed by atoms with Gasteiger partial charge in [-0.2, -0.15) is 0 Å². The molecule has 13 rings (SSSR count). The van der Waals surface area contributed by atoms with E-state index in [-0.39, 0.29) is 0 Å². The number of hydrogen-bond acceptors (Lipinski definition) is 2. The van der Waals surface area contributed by atoms with Crippen LogP contribution in [0.5, 0.6) is 0 Å². The van der Waals surface area contributed by atoms with Crippen LogP contribution in [0.15, 0.2) is 199 Å². The van der Waals surface area contributed by atoms with Gasteiger partial charge in [0.05, 0.1) is 22.1 Å². The van der Waals surface area contributed by atoms with E-state index >= 15 is 0 Å². The van der Waals surface area contributed by atoms with Gasteiger partial charge in [0.2, 0.25) is 0 Å². The number of rotatable bonds is 4. The Balaban J connectivity index is 0.929. The predicted molar refractivity (Wildman–Crippen MR) is 246 cm³/mol. The summed E-state index contributed by atoms with van der Waals surface area (Å²) >= 11 is 1.86. The average Bonchev–Trinajstić information content (AvgIpc) is 4.02. The summed E-state index contributed by atoms with van der Waals surface area (Å²) in [6, 6.07) is 70.8. The zero-order chi connectivity index (χ0) is 37.9. The van der Waals surface area contributed by atoms with Crippen molar-refractivity contribution in [1.29, 1.82) is 0 Å². The Labute approximate surface area is 336 Å². The van der Waals surface area contributed by atoms with Crippen molar-refractivity contribution in [3.8, 4) is 33.6 Å². The molecule has 0 saturated carbocycles. The molecule has 270 valence electrons. The summed E-state index contributed by atoms with van der Waals surface area (Å²) in [7, 11) is 0. The highest BCUT2D eigenvalue weighted by Crippen LogP contribution is 2.42. The molecule has 0 aliphatic rings. The molecule has 0 aliphatic carbocycles. The lowest BCUT2D eigenvalue weighted by Gasteiger charge is -2.10. The Morgan fingerprint density at radius 2 is 0.828 bits per heavy atom. The standard InChI is InChI=1S/C54H32N2OS/c1-2-10-33(11-3-1)34-18-22-37(23-19-34)55-47-15-7-4-12-39(47)43-28-35(20-26-49(43)55)36-21-27-50-44(29-36)40-13-5-8-16-48(40)56(50)38-24-25-42-46-31-52-45(32-54(46)58-53(42)30-38)41-14-6-9-17-51(41)57-52/h1-32H. The quantitative estimate of drug-likeness (QED) is 0.175. The van der Waals surface area contributed by atoms with Crippen LogP contribution >= 0.6 is 11.3 Å². The van der Waals surface area contributed by atoms with E-state index in [1.165, 1.54) is 96.8 Å². The molecule has 9 aromatic carbocycles. The maximum Gasteiger partial charge on any atom is 0.136 e. The maximum atomic E-state index is 6.27. The van der Waals surface area contributed by atoms with Gasteiger partial charge in [-0.15, -0.1) is 11.3 Å². The van der Waals surface area contributed by atoms with Gasteiger partial charge in [-0.05, 0) is 101 Å². The second-order valence-corrected chi connectivity index (χ2v) is 16.4. The van der Waals surface area contributed by atoms with Crippen LogP contribution in [-0.4, -0.2) is 9.13 Å². The number of thiophene rings is 1. The Bertz CT molecular complexity index is 3790. The second kappa shape index (κ2) is 12.1. The van der Waals surface area contributed by atoms with Gasteiger partial charge in [-0.3, -0.25) is 0 Å². The summed E-state index contributed by atoms with van der Waals surface area (Å²) in [5.41, 5.74) is 13.9. The third-order valence-corrected chi connectivity index (χ3v) is 13.2. The van der Waals surface area contributed by atoms with Crippen LogP contribution in [0, 0.1) is 0 Å². The highest BCUT2D eigenvalue weighted by atomic mass is 32.1. The average molecular weight is 757 g/mol. The van der Waals surface area contributed by atoms with Crippen molar-refractivity contribution in [2.75, 3.05) is 0 Å². The lowest BCUT2D eigenvalue weighted by atomic mass is 10.0. The molecule has 0 radical (unpaired) electrons. The lowest BCUT2D eigenvalue weighted by molar-refractivity contribution is 0.669. The van der Waals surface area contributed by atoms with Crippen LogP contribution < -0.4 is 0 Å². The zero-order valence-corrected chi connectivity index (χ0v) is 32.0. The van der Waals surface area contributed by atoms with E-state index in [4.69, 9.17) is 4.42 Å². The summed E-state index contributed by atoms with van der Waals surface area (Å²) in [5, 5.41) is 9.84. The monoisotopic (exact) mass is 756 g/mol. The third kappa shape index (κ3) is 4.61. The number of nitrogens with zero attached hydrogens (tertiary/aromatic N) is 2. The van der Waals surface area contributed by atoms with E-state index in [9.17, 15) is 0 Å². The molecule has 0 saturated heterocycles. The van der Waals surface area contributed by atoms with E-state index in [1.807, 2.05) is 23.5 Å². The first-order chi connectivity index (χ1) is 28.7. The fraction of sp³-hybridized carbons (Fsp3) is 0. The Hall–Kier alpha value is -7.40. The fourth-order valence-electron chi connectivity index (χ4n) is 9.42. The first-order valence-electron chi connectivity index (χ1n) is 19.7. The van der Waals surface area contributed by atoms with Gasteiger partial charge >= 0.3 is 0 Å². The first-order valence-corrected chi connectivity index (χ1v) is 20.6. The largest absolute Gasteiger partial charge is 0.456 e. The van der Waals surface area contributed by atoms with Crippen LogP contribution in [0.3, 0.4) is 0 Å². The molecule has 0 aliphatic heterocycles. The molecule has 0 N–H and O–H groups in total. The molecular weight excluding hydrogens is 725 g/mol. The van der Waals surface area contributed by atoms with E-state index in [2.05, 4.69) is 191 Å². The normalized spacial score (nSPS) is 12.1. The van der Waals surface area contributed by atoms with Crippen molar-refractivity contribution < 1.29 is 4.42 Å². The summed E-state index contributed by atoms with van der Waals surface area (Å²) < 4.78 is 13.6. The second-order valence-electron chi connectivity index (χ2n) is 15.3. The number of hydrogen-bond donors (Lipinski definition) is 0. The van der Waals surface area contributed by atoms with Gasteiger partial charge in [-0.1, -0.05) is 115 Å². The first kappa shape index (κ1) is 31.8. The topological polar surface area (TPSA) is 23.0 Å². The molecule has 4 heterocycles. The van der Waals surface area contributed by atoms with Crippen LogP contribution in [-0.2, 0) is 0 Å². The van der Waals surface area contributed by atoms with E-state index in [0.29, 0.717) is 0 Å². The van der Waals surface area contributed by atoms with Crippen LogP contribution in [0.25, 0.3) is 119 Å². The van der Waals surface area contributed by atoms with Crippen LogP contribution in [0.1, 0.15) is 0 Å². The van der Waals surface area contributed by atoms with Gasteiger partial charge in [-0.25, -0.2) is 0 Å². The molecule has 0 fully saturated rings. The number of benzene rings is 9. The number of aromatic nitrogens is 2. The molecule has 13 aromatic rings. The molecule has 0 bridgehead atoms. The number of fused-ring (bicyclic) bond motifs is 12. The number of para-hydroxylation sites is 3. The molecule has 0 amide bonds. The molecule has 4 heteroatoms. The minimum Gasteiger partial charge on any atom is -0.456 e. The lowest BCUT2D eigenvalue weighted by Crippen LogP contribution is -1.94. The summed E-state index contributed by atoms with van der Waals surface area (Å²) in [6.07, 6.45) is 0. The van der Waals surface area contributed by atoms with Crippen molar-refractivity contribution >= 4 is 97.1 Å². The maximum absolute atomic E-state index is 6.27. The van der Waals surface area contributed by atoms with Gasteiger partial charge in [0.25, 0.3) is 0 Å². The molecule has 58 heavy (non-hydrogen) atoms. The molecule has 0 spiro atoms. The number of furan rings is 1. The minimum absolute atomic E-state index is 0.936. The van der Waals surface area contributed by atoms with Gasteiger partial charge in [0.15, 0.2) is 0 Å². The fourth-order valence-corrected chi connectivity index (χ4v) is 10.6. The summed E-state index contributed by atoms with van der Waals surface area (Å²) in [6.45, 7) is 0. The van der Waals surface area contributed by atoms with Crippen molar-refractivity contribution in [1.82, 2.24) is 9.13 Å². The highest BCUT2D eigenvalue weighted by molar-refractivity contribution is 7.25. The summed E-state index contributed by atoms with van der Waals surface area (Å²) in [4.78, 5) is 0. The smallest absolute Gasteiger partial charge is 0.136 e. The minimum atomic E-state index is 0.936. The van der Waals surface area contributed by atoms with Gasteiger partial charge in [0, 0.05) is 63.9 Å². The van der Waals surface area contributed by atoms with E-state index in [1.54, 1.807) is 0 Å². The highest BCUT2D eigenvalue weighted by Gasteiger charge is 2.18. The van der Waals surface area contributed by atoms with Crippen LogP contribution in [0.4, 0.5) is 0 Å². The van der Waals surface area contributed by atoms with Crippen LogP contribution in [0.2, 0.25) is 0 Å². The molecular formula is C54H32N2OS. The Morgan fingerprint density at radius 1 is 0.293 bits per heavy atom. The predicted octanol–water partition coefficient (Wildman–Crippen LogP) is 15.5. The Morgan fingerprint density at radius 3 is 1.53 bits per heavy atom. The van der Waals surface area contributed by atoms with Gasteiger partial charge in [0.1, 0.15) is 11.2 Å². The van der Waals surface area contributed by atoms with Gasteiger partial charge < -0.3 is 13.6 Å². The van der Waals surface area contributed by atoms with Crippen molar-refractivity contribution in [3.63, 3.8) is 0 Å². The van der Waals surface area contributed by atoms with Crippen molar-refractivity contribution in [3.05, 3.63) is 194 Å². The van der Waals surface area contributed by atoms with E-state index in [0.717, 1.165) is 22.5 Å². The third-order valence-electron chi connectivity index (χ3n) is 12.1. The van der Waals surface area contributed by atoms with Crippen molar-refractivity contribution in [2.45, 2.75) is 0 Å². The van der Waals surface area contributed by atoms with E-state index < -0.39 is 0 Å². The zero-order valence-electron chi connectivity index (χ0n) is 31.2. The van der Waals surface area contributed by atoms with Crippen molar-refractivity contribution in [2.24, 2.45) is 0 Å². The summed E-state index contributed by atoms with van der Waals surface area (Å²) in [5.74, 6) is 0. The molecule has 3 nitrogen and oxygen atoms in total. The molecule has 4 aromatic heterocycles.